The lowest BCUT2D eigenvalue weighted by Crippen LogP contribution is -2.02. The van der Waals surface area contributed by atoms with E-state index in [-0.39, 0.29) is 0 Å². The van der Waals surface area contributed by atoms with Crippen LogP contribution in [0.4, 0.5) is 0 Å². The topological polar surface area (TPSA) is 54.5 Å². The van der Waals surface area contributed by atoms with Gasteiger partial charge in [0.05, 0.1) is 0 Å². The van der Waals surface area contributed by atoms with Crippen LogP contribution >= 0.6 is 0 Å². The molecule has 0 aromatic carbocycles. The van der Waals surface area contributed by atoms with Gasteiger partial charge in [0.15, 0.2) is 5.69 Å². The van der Waals surface area contributed by atoms with E-state index in [1.54, 1.807) is 4.68 Å². The van der Waals surface area contributed by atoms with Crippen LogP contribution in [0.1, 0.15) is 31.7 Å². The van der Waals surface area contributed by atoms with Crippen LogP contribution in [-0.2, 0) is 13.0 Å². The largest absolute Gasteiger partial charge is 0.234 e. The van der Waals surface area contributed by atoms with Crippen molar-refractivity contribution in [3.63, 3.8) is 0 Å². The molecule has 0 N–H and O–H groups in total. The van der Waals surface area contributed by atoms with Crippen molar-refractivity contribution in [2.24, 2.45) is 0 Å². The Morgan fingerprint density at radius 2 is 2.25 bits per heavy atom. The fourth-order valence-corrected chi connectivity index (χ4v) is 1.08. The van der Waals surface area contributed by atoms with E-state index >= 15 is 0 Å². The second kappa shape index (κ2) is 3.86. The lowest BCUT2D eigenvalue weighted by atomic mass is 10.3. The van der Waals surface area contributed by atoms with E-state index in [0.717, 1.165) is 25.1 Å². The average molecular weight is 164 g/mol. The fraction of sp³-hybridized carbons (Fsp3) is 0.625. The number of aryl methyl sites for hydroxylation is 2. The van der Waals surface area contributed by atoms with Crippen LogP contribution in [0.5, 0.6) is 0 Å². The average Bonchev–Trinajstić information content (AvgIpc) is 2.47. The van der Waals surface area contributed by atoms with Gasteiger partial charge in [-0.25, -0.2) is 4.68 Å². The zero-order chi connectivity index (χ0) is 8.97. The van der Waals surface area contributed by atoms with Gasteiger partial charge in [0.2, 0.25) is 0 Å². The molecule has 0 fully saturated rings. The van der Waals surface area contributed by atoms with Gasteiger partial charge in [0, 0.05) is 6.54 Å². The van der Waals surface area contributed by atoms with E-state index in [9.17, 15) is 0 Å². The first-order valence-corrected chi connectivity index (χ1v) is 4.15. The second-order valence-electron chi connectivity index (χ2n) is 2.57. The van der Waals surface area contributed by atoms with Crippen LogP contribution in [0.25, 0.3) is 0 Å². The van der Waals surface area contributed by atoms with Crippen molar-refractivity contribution in [3.8, 4) is 6.07 Å². The number of nitrogens with zero attached hydrogens (tertiary/aromatic N) is 4. The van der Waals surface area contributed by atoms with Crippen molar-refractivity contribution in [3.05, 3.63) is 11.4 Å². The van der Waals surface area contributed by atoms with Crippen LogP contribution in [0.2, 0.25) is 0 Å². The Hall–Kier alpha value is -1.37. The van der Waals surface area contributed by atoms with Crippen LogP contribution in [0, 0.1) is 11.3 Å². The summed E-state index contributed by atoms with van der Waals surface area (Å²) in [6, 6.07) is 2.12. The van der Waals surface area contributed by atoms with E-state index in [4.69, 9.17) is 5.26 Å². The molecule has 0 aliphatic heterocycles. The van der Waals surface area contributed by atoms with Crippen molar-refractivity contribution >= 4 is 0 Å². The number of nitriles is 1. The smallest absolute Gasteiger partial charge is 0.161 e. The summed E-state index contributed by atoms with van der Waals surface area (Å²) in [4.78, 5) is 0. The minimum absolute atomic E-state index is 0.611. The standard InChI is InChI=1S/C8H12N4/c1-3-5-12-8(6-9)7(4-2)10-11-12/h3-5H2,1-2H3. The Kier molecular flexibility index (Phi) is 2.81. The first-order chi connectivity index (χ1) is 5.83. The Morgan fingerprint density at radius 3 is 2.75 bits per heavy atom. The summed E-state index contributed by atoms with van der Waals surface area (Å²) in [7, 11) is 0. The number of hydrogen-bond donors (Lipinski definition) is 0. The summed E-state index contributed by atoms with van der Waals surface area (Å²) in [5.74, 6) is 0. The maximum Gasteiger partial charge on any atom is 0.161 e. The highest BCUT2D eigenvalue weighted by Crippen LogP contribution is 2.04. The lowest BCUT2D eigenvalue weighted by Gasteiger charge is -1.96. The normalized spacial score (nSPS) is 9.75. The number of rotatable bonds is 3. The third kappa shape index (κ3) is 1.45. The van der Waals surface area contributed by atoms with Crippen molar-refractivity contribution in [2.45, 2.75) is 33.2 Å². The molecule has 0 atom stereocenters. The molecule has 0 radical (unpaired) electrons. The third-order valence-electron chi connectivity index (χ3n) is 1.68. The molecule has 1 rings (SSSR count). The second-order valence-corrected chi connectivity index (χ2v) is 2.57. The molecule has 64 valence electrons. The third-order valence-corrected chi connectivity index (χ3v) is 1.68. The minimum Gasteiger partial charge on any atom is -0.234 e. The molecular formula is C8H12N4. The highest BCUT2D eigenvalue weighted by Gasteiger charge is 2.08. The SMILES string of the molecule is CCCn1nnc(CC)c1C#N. The first-order valence-electron chi connectivity index (χ1n) is 4.15. The van der Waals surface area contributed by atoms with E-state index < -0.39 is 0 Å². The van der Waals surface area contributed by atoms with E-state index in [0.29, 0.717) is 5.69 Å². The maximum absolute atomic E-state index is 8.80. The summed E-state index contributed by atoms with van der Waals surface area (Å²) in [5.41, 5.74) is 1.41. The predicted octanol–water partition coefficient (Wildman–Crippen LogP) is 1.12. The molecule has 0 unspecified atom stereocenters. The molecule has 4 heteroatoms. The Morgan fingerprint density at radius 1 is 1.50 bits per heavy atom. The molecule has 1 heterocycles. The summed E-state index contributed by atoms with van der Waals surface area (Å²) in [6.07, 6.45) is 1.74. The van der Waals surface area contributed by atoms with E-state index in [1.165, 1.54) is 0 Å². The van der Waals surface area contributed by atoms with E-state index in [1.807, 2.05) is 6.92 Å². The predicted molar refractivity (Wildman–Crippen MR) is 44.4 cm³/mol. The first kappa shape index (κ1) is 8.72. The summed E-state index contributed by atoms with van der Waals surface area (Å²) >= 11 is 0. The van der Waals surface area contributed by atoms with Gasteiger partial charge >= 0.3 is 0 Å². The van der Waals surface area contributed by atoms with Gasteiger partial charge in [0.25, 0.3) is 0 Å². The van der Waals surface area contributed by atoms with Crippen LogP contribution in [0.15, 0.2) is 0 Å². The molecule has 0 aliphatic carbocycles. The van der Waals surface area contributed by atoms with Gasteiger partial charge in [-0.05, 0) is 12.8 Å². The minimum atomic E-state index is 0.611. The Bertz CT molecular complexity index is 294. The van der Waals surface area contributed by atoms with Gasteiger partial charge in [-0.1, -0.05) is 19.1 Å². The van der Waals surface area contributed by atoms with Crippen molar-refractivity contribution in [1.82, 2.24) is 15.0 Å². The van der Waals surface area contributed by atoms with Crippen molar-refractivity contribution in [1.29, 1.82) is 5.26 Å². The van der Waals surface area contributed by atoms with Gasteiger partial charge in [-0.15, -0.1) is 5.10 Å². The molecule has 0 saturated carbocycles. The molecule has 4 nitrogen and oxygen atoms in total. The van der Waals surface area contributed by atoms with Gasteiger partial charge in [-0.2, -0.15) is 5.26 Å². The lowest BCUT2D eigenvalue weighted by molar-refractivity contribution is 0.573. The molecular weight excluding hydrogens is 152 g/mol. The van der Waals surface area contributed by atoms with Crippen LogP contribution in [-0.4, -0.2) is 15.0 Å². The molecule has 0 aliphatic rings. The van der Waals surface area contributed by atoms with Gasteiger partial charge in [0.1, 0.15) is 11.8 Å². The number of hydrogen-bond acceptors (Lipinski definition) is 3. The Labute approximate surface area is 71.8 Å². The highest BCUT2D eigenvalue weighted by atomic mass is 15.4. The Balaban J connectivity index is 2.99. The molecule has 0 spiro atoms. The highest BCUT2D eigenvalue weighted by molar-refractivity contribution is 5.24. The van der Waals surface area contributed by atoms with Crippen LogP contribution < -0.4 is 0 Å². The summed E-state index contributed by atoms with van der Waals surface area (Å²) < 4.78 is 1.67. The quantitative estimate of drug-likeness (QED) is 0.672. The molecule has 0 saturated heterocycles. The zero-order valence-corrected chi connectivity index (χ0v) is 7.41. The fourth-order valence-electron chi connectivity index (χ4n) is 1.08. The van der Waals surface area contributed by atoms with Gasteiger partial charge < -0.3 is 0 Å². The van der Waals surface area contributed by atoms with Crippen molar-refractivity contribution < 1.29 is 0 Å². The van der Waals surface area contributed by atoms with Gasteiger partial charge in [-0.3, -0.25) is 0 Å². The molecule has 12 heavy (non-hydrogen) atoms. The number of aromatic nitrogens is 3. The molecule has 1 aromatic heterocycles. The summed E-state index contributed by atoms with van der Waals surface area (Å²) in [6.45, 7) is 4.80. The monoisotopic (exact) mass is 164 g/mol. The van der Waals surface area contributed by atoms with Crippen molar-refractivity contribution in [2.75, 3.05) is 0 Å². The molecule has 0 bridgehead atoms. The zero-order valence-electron chi connectivity index (χ0n) is 7.41. The summed E-state index contributed by atoms with van der Waals surface area (Å²) in [5, 5.41) is 16.6. The van der Waals surface area contributed by atoms with E-state index in [2.05, 4.69) is 23.3 Å². The molecule has 0 amide bonds. The molecule has 1 aromatic rings. The van der Waals surface area contributed by atoms with Crippen LogP contribution in [0.3, 0.4) is 0 Å². The maximum atomic E-state index is 8.80.